The lowest BCUT2D eigenvalue weighted by atomic mass is 10.2. The van der Waals surface area contributed by atoms with Crippen molar-refractivity contribution < 1.29 is 27.4 Å². The van der Waals surface area contributed by atoms with E-state index >= 15 is 0 Å². The van der Waals surface area contributed by atoms with Crippen LogP contribution in [0.5, 0.6) is 0 Å². The molecule has 134 valence electrons. The first kappa shape index (κ1) is 18.4. The van der Waals surface area contributed by atoms with Crippen LogP contribution in [0.4, 0.5) is 4.79 Å². The molecule has 0 aromatic carbocycles. The molecule has 1 amide bonds. The minimum atomic E-state index is -3.42. The van der Waals surface area contributed by atoms with Gasteiger partial charge in [-0.05, 0) is 20.8 Å². The van der Waals surface area contributed by atoms with Crippen molar-refractivity contribution in [2.45, 2.75) is 32.5 Å². The Labute approximate surface area is 137 Å². The molecule has 0 aromatic heterocycles. The maximum Gasteiger partial charge on any atom is 0.410 e. The lowest BCUT2D eigenvalue weighted by Crippen LogP contribution is -2.53. The lowest BCUT2D eigenvalue weighted by molar-refractivity contribution is -0.0785. The van der Waals surface area contributed by atoms with E-state index in [4.69, 9.17) is 14.2 Å². The summed E-state index contributed by atoms with van der Waals surface area (Å²) in [7, 11) is -3.42. The zero-order chi connectivity index (χ0) is 17.1. The standard InChI is InChI=1S/C14H26N2O6S/c1-14(2,3)22-13(17)15-4-6-16(7-5-15)23(18,19)11-12-10-20-8-9-21-12/h12H,4-11H2,1-3H3. The molecule has 23 heavy (non-hydrogen) atoms. The molecule has 0 aliphatic carbocycles. The Hall–Kier alpha value is -0.900. The van der Waals surface area contributed by atoms with E-state index in [1.807, 2.05) is 0 Å². The SMILES string of the molecule is CC(C)(C)OC(=O)N1CCN(S(=O)(=O)CC2COCCO2)CC1. The van der Waals surface area contributed by atoms with Gasteiger partial charge in [0.2, 0.25) is 10.0 Å². The Balaban J connectivity index is 1.84. The summed E-state index contributed by atoms with van der Waals surface area (Å²) in [5.41, 5.74) is -0.557. The third kappa shape index (κ3) is 5.59. The third-order valence-corrected chi connectivity index (χ3v) is 5.51. The average molecular weight is 350 g/mol. The molecule has 0 radical (unpaired) electrons. The summed E-state index contributed by atoms with van der Waals surface area (Å²) in [6.45, 7) is 7.85. The molecule has 1 unspecified atom stereocenters. The van der Waals surface area contributed by atoms with Crippen LogP contribution in [-0.4, -0.2) is 87.2 Å². The smallest absolute Gasteiger partial charge is 0.410 e. The van der Waals surface area contributed by atoms with Gasteiger partial charge >= 0.3 is 6.09 Å². The summed E-state index contributed by atoms with van der Waals surface area (Å²) >= 11 is 0. The first-order valence-corrected chi connectivity index (χ1v) is 9.43. The summed E-state index contributed by atoms with van der Waals surface area (Å²) in [5.74, 6) is -0.0839. The summed E-state index contributed by atoms with van der Waals surface area (Å²) in [5, 5.41) is 0. The number of rotatable bonds is 3. The van der Waals surface area contributed by atoms with Gasteiger partial charge in [0.05, 0.1) is 31.7 Å². The lowest BCUT2D eigenvalue weighted by Gasteiger charge is -2.35. The number of carbonyl (C=O) groups excluding carboxylic acids is 1. The zero-order valence-electron chi connectivity index (χ0n) is 14.0. The molecule has 0 N–H and O–H groups in total. The number of nitrogens with zero attached hydrogens (tertiary/aromatic N) is 2. The minimum absolute atomic E-state index is 0.0839. The van der Waals surface area contributed by atoms with Crippen molar-refractivity contribution in [1.29, 1.82) is 0 Å². The van der Waals surface area contributed by atoms with Gasteiger partial charge in [-0.1, -0.05) is 0 Å². The van der Waals surface area contributed by atoms with Crippen molar-refractivity contribution in [3.05, 3.63) is 0 Å². The normalized spacial score (nSPS) is 24.5. The van der Waals surface area contributed by atoms with E-state index in [0.29, 0.717) is 32.9 Å². The highest BCUT2D eigenvalue weighted by Gasteiger charge is 2.33. The molecule has 2 heterocycles. The van der Waals surface area contributed by atoms with Gasteiger partial charge < -0.3 is 19.1 Å². The predicted octanol–water partition coefficient (Wildman–Crippen LogP) is 0.284. The highest BCUT2D eigenvalue weighted by atomic mass is 32.2. The minimum Gasteiger partial charge on any atom is -0.444 e. The number of amides is 1. The van der Waals surface area contributed by atoms with Crippen molar-refractivity contribution in [3.8, 4) is 0 Å². The maximum atomic E-state index is 12.4. The van der Waals surface area contributed by atoms with E-state index in [1.165, 1.54) is 9.21 Å². The van der Waals surface area contributed by atoms with Crippen molar-refractivity contribution in [3.63, 3.8) is 0 Å². The van der Waals surface area contributed by atoms with Gasteiger partial charge in [-0.2, -0.15) is 4.31 Å². The molecular formula is C14H26N2O6S. The molecule has 9 heteroatoms. The number of hydrogen-bond acceptors (Lipinski definition) is 6. The molecule has 0 bridgehead atoms. The van der Waals surface area contributed by atoms with E-state index in [9.17, 15) is 13.2 Å². The fraction of sp³-hybridized carbons (Fsp3) is 0.929. The van der Waals surface area contributed by atoms with Crippen molar-refractivity contribution >= 4 is 16.1 Å². The summed E-state index contributed by atoms with van der Waals surface area (Å²) < 4.78 is 42.2. The number of hydrogen-bond donors (Lipinski definition) is 0. The fourth-order valence-corrected chi connectivity index (χ4v) is 4.04. The Morgan fingerprint density at radius 1 is 1.17 bits per heavy atom. The second-order valence-electron chi connectivity index (χ2n) is 6.71. The van der Waals surface area contributed by atoms with Crippen LogP contribution in [0.1, 0.15) is 20.8 Å². The topological polar surface area (TPSA) is 85.4 Å². The molecule has 0 spiro atoms. The van der Waals surface area contributed by atoms with E-state index in [2.05, 4.69) is 0 Å². The quantitative estimate of drug-likeness (QED) is 0.727. The van der Waals surface area contributed by atoms with E-state index in [0.717, 1.165) is 0 Å². The molecule has 2 aliphatic rings. The Morgan fingerprint density at radius 2 is 1.83 bits per heavy atom. The van der Waals surface area contributed by atoms with Crippen molar-refractivity contribution in [2.24, 2.45) is 0 Å². The summed E-state index contributed by atoms with van der Waals surface area (Å²) in [6.07, 6.45) is -0.823. The van der Waals surface area contributed by atoms with Crippen LogP contribution >= 0.6 is 0 Å². The van der Waals surface area contributed by atoms with Gasteiger partial charge in [0.25, 0.3) is 0 Å². The first-order chi connectivity index (χ1) is 10.7. The molecule has 0 saturated carbocycles. The molecule has 0 aromatic rings. The first-order valence-electron chi connectivity index (χ1n) is 7.82. The molecule has 8 nitrogen and oxygen atoms in total. The van der Waals surface area contributed by atoms with Crippen molar-refractivity contribution in [2.75, 3.05) is 51.8 Å². The van der Waals surface area contributed by atoms with Crippen LogP contribution in [0.2, 0.25) is 0 Å². The van der Waals surface area contributed by atoms with Gasteiger partial charge in [-0.15, -0.1) is 0 Å². The Morgan fingerprint density at radius 3 is 2.35 bits per heavy atom. The van der Waals surface area contributed by atoms with Gasteiger partial charge in [-0.3, -0.25) is 0 Å². The molecule has 2 fully saturated rings. The van der Waals surface area contributed by atoms with Crippen LogP contribution in [0.25, 0.3) is 0 Å². The summed E-state index contributed by atoms with van der Waals surface area (Å²) in [4.78, 5) is 13.5. The van der Waals surface area contributed by atoms with Crippen LogP contribution < -0.4 is 0 Å². The van der Waals surface area contributed by atoms with E-state index < -0.39 is 27.8 Å². The second kappa shape index (κ2) is 7.33. The molecular weight excluding hydrogens is 324 g/mol. The Bertz CT molecular complexity index is 502. The summed E-state index contributed by atoms with van der Waals surface area (Å²) in [6, 6.07) is 0. The second-order valence-corrected chi connectivity index (χ2v) is 8.73. The van der Waals surface area contributed by atoms with Crippen LogP contribution in [0.3, 0.4) is 0 Å². The highest BCUT2D eigenvalue weighted by molar-refractivity contribution is 7.89. The molecule has 2 rings (SSSR count). The Kier molecular flexibility index (Phi) is 5.88. The third-order valence-electron chi connectivity index (χ3n) is 3.57. The van der Waals surface area contributed by atoms with Crippen LogP contribution in [0.15, 0.2) is 0 Å². The monoisotopic (exact) mass is 350 g/mol. The maximum absolute atomic E-state index is 12.4. The highest BCUT2D eigenvalue weighted by Crippen LogP contribution is 2.15. The number of ether oxygens (including phenoxy) is 3. The number of piperazine rings is 1. The van der Waals surface area contributed by atoms with Crippen LogP contribution in [-0.2, 0) is 24.2 Å². The molecule has 1 atom stereocenters. The molecule has 2 saturated heterocycles. The van der Waals surface area contributed by atoms with E-state index in [-0.39, 0.29) is 18.8 Å². The van der Waals surface area contributed by atoms with Gasteiger partial charge in [0, 0.05) is 26.2 Å². The fourth-order valence-electron chi connectivity index (χ4n) is 2.45. The number of carbonyl (C=O) groups is 1. The van der Waals surface area contributed by atoms with Crippen LogP contribution in [0, 0.1) is 0 Å². The van der Waals surface area contributed by atoms with Gasteiger partial charge in [0.15, 0.2) is 0 Å². The average Bonchev–Trinajstić information content (AvgIpc) is 2.46. The van der Waals surface area contributed by atoms with Gasteiger partial charge in [0.1, 0.15) is 5.60 Å². The van der Waals surface area contributed by atoms with Crippen molar-refractivity contribution in [1.82, 2.24) is 9.21 Å². The van der Waals surface area contributed by atoms with E-state index in [1.54, 1.807) is 20.8 Å². The molecule has 2 aliphatic heterocycles. The zero-order valence-corrected chi connectivity index (χ0v) is 14.8. The largest absolute Gasteiger partial charge is 0.444 e. The number of sulfonamides is 1. The predicted molar refractivity (Wildman–Crippen MR) is 83.7 cm³/mol. The van der Waals surface area contributed by atoms with Gasteiger partial charge in [-0.25, -0.2) is 13.2 Å².